The van der Waals surface area contributed by atoms with E-state index in [2.05, 4.69) is 126 Å². The van der Waals surface area contributed by atoms with Gasteiger partial charge in [0.25, 0.3) is 5.56 Å². The summed E-state index contributed by atoms with van der Waals surface area (Å²) in [5.41, 5.74) is 2.38. The molecular formula is C47H57N11O3. The molecule has 8 rings (SSSR count). The second-order valence-corrected chi connectivity index (χ2v) is 19.3. The summed E-state index contributed by atoms with van der Waals surface area (Å²) in [6, 6.07) is 20.5. The Hall–Kier alpha value is -6.17. The van der Waals surface area contributed by atoms with Crippen molar-refractivity contribution in [3.8, 4) is 40.1 Å². The Kier molecular flexibility index (Phi) is 11.3. The van der Waals surface area contributed by atoms with Crippen molar-refractivity contribution in [2.75, 3.05) is 23.9 Å². The largest absolute Gasteiger partial charge is 0.507 e. The van der Waals surface area contributed by atoms with Crippen LogP contribution in [-0.4, -0.2) is 88.9 Å². The van der Waals surface area contributed by atoms with Crippen LogP contribution in [0.1, 0.15) is 86.8 Å². The minimum absolute atomic E-state index is 0.0391. The highest BCUT2D eigenvalue weighted by molar-refractivity contribution is 5.93. The van der Waals surface area contributed by atoms with E-state index in [0.29, 0.717) is 56.5 Å². The number of phenolic OH excluding ortho intramolecular Hbond substituents is 2. The third kappa shape index (κ3) is 9.43. The standard InChI is InChI=1S/C24H28N6O.C23H29N5O2/c1-23(2)12-16(13-24(3,4)29-23)30(5)22-7-6-19(27-28-22)18-11-17-15(10-21(18)31)8-9-26-20(17)14-25;1-22(2)12-15(13-23(3,4)27-22)28(5)20-7-6-18(25-26-20)17-11-16-14(10-19(17)29)8-9-24-21(16)30/h6-11,16,29,31H,12-13H2,1-5H3;6-11,15,27,29H,12-13H2,1-5H3,(H,24,30). The highest BCUT2D eigenvalue weighted by Crippen LogP contribution is 2.37. The Balaban J connectivity index is 0.000000184. The number of anilines is 2. The Morgan fingerprint density at radius 2 is 1.08 bits per heavy atom. The van der Waals surface area contributed by atoms with Gasteiger partial charge < -0.3 is 35.6 Å². The summed E-state index contributed by atoms with van der Waals surface area (Å²) < 4.78 is 0. The number of phenols is 2. The third-order valence-corrected chi connectivity index (χ3v) is 11.9. The van der Waals surface area contributed by atoms with Gasteiger partial charge in [-0.2, -0.15) is 5.26 Å². The fraction of sp³-hybridized carbons (Fsp3) is 0.426. The predicted molar refractivity (Wildman–Crippen MR) is 242 cm³/mol. The van der Waals surface area contributed by atoms with Crippen LogP contribution in [0.3, 0.4) is 0 Å². The Labute approximate surface area is 357 Å². The smallest absolute Gasteiger partial charge is 0.255 e. The molecule has 2 aromatic carbocycles. The number of nitrogens with zero attached hydrogens (tertiary/aromatic N) is 8. The molecule has 0 spiro atoms. The summed E-state index contributed by atoms with van der Waals surface area (Å²) in [4.78, 5) is 23.3. The number of hydrogen-bond acceptors (Lipinski definition) is 13. The predicted octanol–water partition coefficient (Wildman–Crippen LogP) is 7.45. The zero-order chi connectivity index (χ0) is 44.1. The molecule has 318 valence electrons. The quantitative estimate of drug-likeness (QED) is 0.111. The van der Waals surface area contributed by atoms with E-state index in [1.807, 2.05) is 24.3 Å². The van der Waals surface area contributed by atoms with E-state index >= 15 is 0 Å². The molecular weight excluding hydrogens is 767 g/mol. The Bertz CT molecular complexity index is 2640. The Morgan fingerprint density at radius 3 is 1.51 bits per heavy atom. The minimum atomic E-state index is -0.200. The van der Waals surface area contributed by atoms with Crippen LogP contribution in [0.25, 0.3) is 44.1 Å². The third-order valence-electron chi connectivity index (χ3n) is 11.9. The molecule has 0 atom stereocenters. The molecule has 2 aliphatic rings. The van der Waals surface area contributed by atoms with Gasteiger partial charge in [0.15, 0.2) is 11.6 Å². The first kappa shape index (κ1) is 42.9. The monoisotopic (exact) mass is 823 g/mol. The number of nitrogens with one attached hydrogen (secondary N) is 3. The summed E-state index contributed by atoms with van der Waals surface area (Å²) >= 11 is 0. The van der Waals surface area contributed by atoms with Crippen LogP contribution in [0.4, 0.5) is 11.6 Å². The van der Waals surface area contributed by atoms with Crippen molar-refractivity contribution in [2.45, 2.75) is 115 Å². The molecule has 2 aliphatic heterocycles. The second-order valence-electron chi connectivity index (χ2n) is 19.3. The summed E-state index contributed by atoms with van der Waals surface area (Å²) in [7, 11) is 4.11. The van der Waals surface area contributed by atoms with Gasteiger partial charge in [0, 0.05) is 82.6 Å². The van der Waals surface area contributed by atoms with Gasteiger partial charge in [-0.15, -0.1) is 20.4 Å². The van der Waals surface area contributed by atoms with Crippen molar-refractivity contribution in [1.29, 1.82) is 5.26 Å². The average molecular weight is 824 g/mol. The molecule has 6 heterocycles. The van der Waals surface area contributed by atoms with Gasteiger partial charge in [0.1, 0.15) is 23.3 Å². The number of aromatic amines is 1. The van der Waals surface area contributed by atoms with Crippen molar-refractivity contribution >= 4 is 33.2 Å². The summed E-state index contributed by atoms with van der Waals surface area (Å²) in [5.74, 6) is 1.75. The summed E-state index contributed by atoms with van der Waals surface area (Å²) in [6.45, 7) is 17.8. The SMILES string of the molecule is CN(c1ccc(-c2cc3c(=O)[nH]ccc3cc2O)nn1)C1CC(C)(C)NC(C)(C)C1.CN(c1ccc(-c2cc3c(C#N)nccc3cc2O)nn1)C1CC(C)(C)NC(C)(C)C1. The number of fused-ring (bicyclic) bond motifs is 2. The lowest BCUT2D eigenvalue weighted by atomic mass is 9.79. The molecule has 6 aromatic rings. The molecule has 0 radical (unpaired) electrons. The molecule has 2 fully saturated rings. The molecule has 0 bridgehead atoms. The van der Waals surface area contributed by atoms with Crippen molar-refractivity contribution in [1.82, 2.24) is 41.0 Å². The first-order valence-electron chi connectivity index (χ1n) is 20.7. The average Bonchev–Trinajstić information content (AvgIpc) is 3.18. The number of nitriles is 1. The van der Waals surface area contributed by atoms with Crippen LogP contribution in [0.2, 0.25) is 0 Å². The van der Waals surface area contributed by atoms with E-state index in [1.165, 1.54) is 0 Å². The summed E-state index contributed by atoms with van der Waals surface area (Å²) in [5, 5.41) is 58.0. The van der Waals surface area contributed by atoms with Gasteiger partial charge in [-0.1, -0.05) is 0 Å². The number of hydrogen-bond donors (Lipinski definition) is 5. The maximum Gasteiger partial charge on any atom is 0.255 e. The van der Waals surface area contributed by atoms with Gasteiger partial charge >= 0.3 is 0 Å². The highest BCUT2D eigenvalue weighted by atomic mass is 16.3. The maximum absolute atomic E-state index is 12.1. The molecule has 0 amide bonds. The zero-order valence-corrected chi connectivity index (χ0v) is 36.8. The number of H-pyrrole nitrogens is 1. The molecule has 2 saturated heterocycles. The van der Waals surface area contributed by atoms with Crippen molar-refractivity contribution in [3.63, 3.8) is 0 Å². The first-order valence-corrected chi connectivity index (χ1v) is 20.7. The van der Waals surface area contributed by atoms with Gasteiger partial charge in [-0.05, 0) is 153 Å². The van der Waals surface area contributed by atoms with E-state index in [-0.39, 0.29) is 39.2 Å². The van der Waals surface area contributed by atoms with Crippen LogP contribution >= 0.6 is 0 Å². The number of aromatic hydroxyl groups is 2. The second kappa shape index (κ2) is 16.0. The van der Waals surface area contributed by atoms with Crippen LogP contribution in [-0.2, 0) is 0 Å². The highest BCUT2D eigenvalue weighted by Gasteiger charge is 2.41. The molecule has 14 heteroatoms. The van der Waals surface area contributed by atoms with Gasteiger partial charge in [-0.25, -0.2) is 4.98 Å². The first-order chi connectivity index (χ1) is 28.6. The van der Waals surface area contributed by atoms with Crippen LogP contribution in [0.5, 0.6) is 11.5 Å². The van der Waals surface area contributed by atoms with Crippen LogP contribution < -0.4 is 26.0 Å². The fourth-order valence-electron chi connectivity index (χ4n) is 9.70. The molecule has 0 aliphatic carbocycles. The van der Waals surface area contributed by atoms with Crippen molar-refractivity contribution in [2.24, 2.45) is 0 Å². The van der Waals surface area contributed by atoms with E-state index < -0.39 is 0 Å². The number of rotatable bonds is 6. The summed E-state index contributed by atoms with van der Waals surface area (Å²) in [6.07, 6.45) is 7.15. The molecule has 14 nitrogen and oxygen atoms in total. The fourth-order valence-corrected chi connectivity index (χ4v) is 9.70. The number of benzene rings is 2. The molecule has 0 saturated carbocycles. The lowest BCUT2D eigenvalue weighted by Gasteiger charge is -2.49. The lowest BCUT2D eigenvalue weighted by Crippen LogP contribution is -2.62. The van der Waals surface area contributed by atoms with E-state index in [1.54, 1.807) is 48.8 Å². The molecule has 4 aromatic heterocycles. The normalized spacial score (nSPS) is 18.2. The lowest BCUT2D eigenvalue weighted by molar-refractivity contribution is 0.160. The number of aromatic nitrogens is 6. The number of pyridine rings is 2. The minimum Gasteiger partial charge on any atom is -0.507 e. The van der Waals surface area contributed by atoms with Gasteiger partial charge in [-0.3, -0.25) is 4.79 Å². The van der Waals surface area contributed by atoms with E-state index in [9.17, 15) is 20.3 Å². The van der Waals surface area contributed by atoms with E-state index in [0.717, 1.165) is 42.7 Å². The number of piperidine rings is 2. The topological polar surface area (TPSA) is 192 Å². The van der Waals surface area contributed by atoms with Crippen LogP contribution in [0, 0.1) is 11.3 Å². The Morgan fingerprint density at radius 1 is 0.639 bits per heavy atom. The van der Waals surface area contributed by atoms with Gasteiger partial charge in [0.05, 0.1) is 11.4 Å². The molecule has 61 heavy (non-hydrogen) atoms. The van der Waals surface area contributed by atoms with Crippen molar-refractivity contribution in [3.05, 3.63) is 89.1 Å². The molecule has 5 N–H and O–H groups in total. The van der Waals surface area contributed by atoms with Gasteiger partial charge in [0.2, 0.25) is 0 Å². The maximum atomic E-state index is 12.1. The van der Waals surface area contributed by atoms with Crippen molar-refractivity contribution < 1.29 is 10.2 Å². The van der Waals surface area contributed by atoms with Crippen LogP contribution in [0.15, 0.2) is 77.9 Å². The zero-order valence-electron chi connectivity index (χ0n) is 36.8. The molecule has 0 unspecified atom stereocenters. The van der Waals surface area contributed by atoms with E-state index in [4.69, 9.17) is 0 Å².